The minimum absolute atomic E-state index is 0.212. The van der Waals surface area contributed by atoms with Crippen molar-refractivity contribution >= 4 is 23.4 Å². The molecule has 30 heavy (non-hydrogen) atoms. The van der Waals surface area contributed by atoms with Crippen molar-refractivity contribution in [1.82, 2.24) is 10.2 Å². The van der Waals surface area contributed by atoms with E-state index in [4.69, 9.17) is 21.1 Å². The fourth-order valence-electron chi connectivity index (χ4n) is 2.83. The summed E-state index contributed by atoms with van der Waals surface area (Å²) in [5, 5.41) is 3.46. The minimum atomic E-state index is -0.670. The molecule has 1 N–H and O–H groups in total. The van der Waals surface area contributed by atoms with E-state index >= 15 is 0 Å². The van der Waals surface area contributed by atoms with Gasteiger partial charge in [-0.3, -0.25) is 9.59 Å². The lowest BCUT2D eigenvalue weighted by atomic mass is 10.1. The van der Waals surface area contributed by atoms with E-state index in [1.54, 1.807) is 37.3 Å². The number of nitrogens with zero attached hydrogens (tertiary/aromatic N) is 1. The third-order valence-electron chi connectivity index (χ3n) is 4.51. The second-order valence-electron chi connectivity index (χ2n) is 7.41. The van der Waals surface area contributed by atoms with Gasteiger partial charge in [0.15, 0.2) is 18.1 Å². The average Bonchev–Trinajstić information content (AvgIpc) is 2.73. The van der Waals surface area contributed by atoms with Crippen molar-refractivity contribution in [2.75, 3.05) is 20.3 Å². The van der Waals surface area contributed by atoms with Gasteiger partial charge >= 0.3 is 0 Å². The summed E-state index contributed by atoms with van der Waals surface area (Å²) in [6.07, 6.45) is 0. The van der Waals surface area contributed by atoms with Gasteiger partial charge in [0.2, 0.25) is 5.91 Å². The Morgan fingerprint density at radius 1 is 1.07 bits per heavy atom. The van der Waals surface area contributed by atoms with E-state index in [1.165, 1.54) is 12.0 Å². The number of ether oxygens (including phenoxy) is 2. The summed E-state index contributed by atoms with van der Waals surface area (Å²) >= 11 is 6.09. The Kier molecular flexibility index (Phi) is 8.99. The van der Waals surface area contributed by atoms with Gasteiger partial charge in [-0.2, -0.15) is 0 Å². The number of carbonyl (C=O) groups excluding carboxylic acids is 2. The molecule has 0 heterocycles. The van der Waals surface area contributed by atoms with Crippen molar-refractivity contribution in [3.05, 3.63) is 59.1 Å². The fourth-order valence-corrected chi connectivity index (χ4v) is 3.04. The molecule has 0 bridgehead atoms. The Hall–Kier alpha value is -2.73. The summed E-state index contributed by atoms with van der Waals surface area (Å²) in [7, 11) is 1.54. The molecule has 162 valence electrons. The molecule has 2 amide bonds. The zero-order valence-electron chi connectivity index (χ0n) is 17.9. The van der Waals surface area contributed by atoms with Crippen LogP contribution >= 0.6 is 11.6 Å². The van der Waals surface area contributed by atoms with Crippen molar-refractivity contribution in [2.24, 2.45) is 5.92 Å². The van der Waals surface area contributed by atoms with Gasteiger partial charge in [0.05, 0.1) is 7.11 Å². The highest BCUT2D eigenvalue weighted by molar-refractivity contribution is 6.30. The predicted molar refractivity (Wildman–Crippen MR) is 118 cm³/mol. The van der Waals surface area contributed by atoms with E-state index in [2.05, 4.69) is 5.32 Å². The van der Waals surface area contributed by atoms with Crippen LogP contribution in [0.2, 0.25) is 5.02 Å². The van der Waals surface area contributed by atoms with Gasteiger partial charge in [-0.15, -0.1) is 0 Å². The number of nitrogens with one attached hydrogen (secondary N) is 1. The molecule has 0 unspecified atom stereocenters. The molecule has 6 nitrogen and oxygen atoms in total. The second-order valence-corrected chi connectivity index (χ2v) is 7.84. The topological polar surface area (TPSA) is 67.9 Å². The molecule has 0 saturated carbocycles. The molecule has 1 atom stereocenters. The third kappa shape index (κ3) is 6.95. The van der Waals surface area contributed by atoms with Gasteiger partial charge in [0, 0.05) is 18.1 Å². The minimum Gasteiger partial charge on any atom is -0.493 e. The van der Waals surface area contributed by atoms with Crippen LogP contribution in [0.1, 0.15) is 26.3 Å². The molecular weight excluding hydrogens is 404 g/mol. The monoisotopic (exact) mass is 432 g/mol. The molecule has 0 radical (unpaired) electrons. The van der Waals surface area contributed by atoms with Crippen LogP contribution in [0.3, 0.4) is 0 Å². The number of para-hydroxylation sites is 2. The first kappa shape index (κ1) is 23.5. The average molecular weight is 433 g/mol. The van der Waals surface area contributed by atoms with Gasteiger partial charge in [0.25, 0.3) is 5.91 Å². The number of halogens is 1. The number of amides is 2. The summed E-state index contributed by atoms with van der Waals surface area (Å²) in [6.45, 7) is 6.30. The van der Waals surface area contributed by atoms with E-state index in [9.17, 15) is 9.59 Å². The van der Waals surface area contributed by atoms with E-state index in [-0.39, 0.29) is 25.0 Å². The Morgan fingerprint density at radius 2 is 1.77 bits per heavy atom. The molecular formula is C23H29ClN2O4. The summed E-state index contributed by atoms with van der Waals surface area (Å²) in [5.74, 6) is 0.791. The van der Waals surface area contributed by atoms with Crippen LogP contribution in [0.15, 0.2) is 48.5 Å². The van der Waals surface area contributed by atoms with Crippen LogP contribution in [0.5, 0.6) is 11.5 Å². The van der Waals surface area contributed by atoms with Crippen molar-refractivity contribution in [1.29, 1.82) is 0 Å². The first-order valence-corrected chi connectivity index (χ1v) is 10.3. The first-order valence-electron chi connectivity index (χ1n) is 9.89. The summed E-state index contributed by atoms with van der Waals surface area (Å²) < 4.78 is 10.9. The van der Waals surface area contributed by atoms with Crippen LogP contribution in [-0.2, 0) is 16.1 Å². The normalized spacial score (nSPS) is 11.7. The van der Waals surface area contributed by atoms with Crippen LogP contribution in [0, 0.1) is 5.92 Å². The molecule has 7 heteroatoms. The lowest BCUT2D eigenvalue weighted by Crippen LogP contribution is -2.49. The fraction of sp³-hybridized carbons (Fsp3) is 0.391. The number of hydrogen-bond acceptors (Lipinski definition) is 4. The quantitative estimate of drug-likeness (QED) is 0.618. The number of rotatable bonds is 10. The molecule has 0 saturated heterocycles. The molecule has 0 aliphatic carbocycles. The van der Waals surface area contributed by atoms with Gasteiger partial charge in [-0.1, -0.05) is 49.7 Å². The molecule has 0 fully saturated rings. The van der Waals surface area contributed by atoms with Crippen LogP contribution < -0.4 is 14.8 Å². The highest BCUT2D eigenvalue weighted by Crippen LogP contribution is 2.26. The van der Waals surface area contributed by atoms with Gasteiger partial charge in [0.1, 0.15) is 6.04 Å². The SMILES string of the molecule is COc1ccccc1OCC(=O)N(Cc1cccc(Cl)c1)[C@@H](C)C(=O)NCC(C)C. The van der Waals surface area contributed by atoms with Gasteiger partial charge in [-0.05, 0) is 42.7 Å². The third-order valence-corrected chi connectivity index (χ3v) is 4.75. The van der Waals surface area contributed by atoms with E-state index < -0.39 is 6.04 Å². The van der Waals surface area contributed by atoms with Crippen LogP contribution in [0.4, 0.5) is 0 Å². The molecule has 2 aromatic rings. The number of benzene rings is 2. The maximum atomic E-state index is 13.0. The van der Waals surface area contributed by atoms with Crippen LogP contribution in [-0.4, -0.2) is 43.0 Å². The maximum Gasteiger partial charge on any atom is 0.261 e. The highest BCUT2D eigenvalue weighted by Gasteiger charge is 2.26. The van der Waals surface area contributed by atoms with Gasteiger partial charge < -0.3 is 19.7 Å². The Balaban J connectivity index is 2.16. The molecule has 0 spiro atoms. The standard InChI is InChI=1S/C23H29ClN2O4/c1-16(2)13-25-23(28)17(3)26(14-18-8-7-9-19(24)12-18)22(27)15-30-21-11-6-5-10-20(21)29-4/h5-12,16-17H,13-15H2,1-4H3,(H,25,28)/t17-/m0/s1. The molecule has 2 aromatic carbocycles. The molecule has 0 aromatic heterocycles. The highest BCUT2D eigenvalue weighted by atomic mass is 35.5. The Bertz CT molecular complexity index is 857. The lowest BCUT2D eigenvalue weighted by Gasteiger charge is -2.29. The van der Waals surface area contributed by atoms with Crippen molar-refractivity contribution in [2.45, 2.75) is 33.4 Å². The smallest absolute Gasteiger partial charge is 0.261 e. The summed E-state index contributed by atoms with van der Waals surface area (Å²) in [5.41, 5.74) is 0.830. The number of hydrogen-bond donors (Lipinski definition) is 1. The van der Waals surface area contributed by atoms with Crippen molar-refractivity contribution in [3.8, 4) is 11.5 Å². The zero-order chi connectivity index (χ0) is 22.1. The molecule has 0 aliphatic rings. The summed E-state index contributed by atoms with van der Waals surface area (Å²) in [6, 6.07) is 13.7. The molecule has 2 rings (SSSR count). The second kappa shape index (κ2) is 11.5. The molecule has 0 aliphatic heterocycles. The zero-order valence-corrected chi connectivity index (χ0v) is 18.6. The lowest BCUT2D eigenvalue weighted by molar-refractivity contribution is -0.142. The maximum absolute atomic E-state index is 13.0. The number of carbonyl (C=O) groups is 2. The number of methoxy groups -OCH3 is 1. The predicted octanol–water partition coefficient (Wildman–Crippen LogP) is 3.92. The first-order chi connectivity index (χ1) is 14.3. The van der Waals surface area contributed by atoms with Gasteiger partial charge in [-0.25, -0.2) is 0 Å². The van der Waals surface area contributed by atoms with Crippen molar-refractivity contribution < 1.29 is 19.1 Å². The van der Waals surface area contributed by atoms with Crippen molar-refractivity contribution in [3.63, 3.8) is 0 Å². The Labute approximate surface area is 183 Å². The van der Waals surface area contributed by atoms with E-state index in [0.29, 0.717) is 29.0 Å². The van der Waals surface area contributed by atoms with Crippen LogP contribution in [0.25, 0.3) is 0 Å². The van der Waals surface area contributed by atoms with E-state index in [0.717, 1.165) is 5.56 Å². The largest absolute Gasteiger partial charge is 0.493 e. The van der Waals surface area contributed by atoms with E-state index in [1.807, 2.05) is 32.0 Å². The summed E-state index contributed by atoms with van der Waals surface area (Å²) in [4.78, 5) is 27.2. The Morgan fingerprint density at radius 3 is 2.40 bits per heavy atom.